The van der Waals surface area contributed by atoms with Gasteiger partial charge in [0.25, 0.3) is 0 Å². The van der Waals surface area contributed by atoms with Crippen LogP contribution in [0.4, 0.5) is 0 Å². The zero-order valence-corrected chi connectivity index (χ0v) is 10.6. The Kier molecular flexibility index (Phi) is 1.20. The van der Waals surface area contributed by atoms with Crippen LogP contribution in [-0.2, 0) is 9.53 Å². The van der Waals surface area contributed by atoms with Gasteiger partial charge in [-0.2, -0.15) is 0 Å². The Hall–Kier alpha value is -0.570. The van der Waals surface area contributed by atoms with Gasteiger partial charge >= 0.3 is 0 Å². The maximum atomic E-state index is 12.7. The van der Waals surface area contributed by atoms with Crippen LogP contribution in [0.3, 0.4) is 0 Å². The highest BCUT2D eigenvalue weighted by Crippen LogP contribution is 3.07. The lowest BCUT2D eigenvalue weighted by atomic mass is 8.94. The molecule has 0 N–H and O–H groups in total. The van der Waals surface area contributed by atoms with Crippen LogP contribution >= 0.6 is 0 Å². The topological polar surface area (TPSA) is 29.5 Å². The van der Waals surface area contributed by atoms with E-state index in [0.717, 1.165) is 48.6 Å². The van der Waals surface area contributed by atoms with E-state index in [1.165, 1.54) is 0 Å². The van der Waals surface area contributed by atoms with Crippen molar-refractivity contribution in [3.8, 4) is 0 Å². The summed E-state index contributed by atoms with van der Waals surface area (Å²) in [6, 6.07) is 0. The third-order valence-electron chi connectivity index (χ3n) is 7.31. The van der Waals surface area contributed by atoms with Crippen LogP contribution in [0.2, 0.25) is 0 Å². The van der Waals surface area contributed by atoms with Crippen molar-refractivity contribution in [2.45, 2.75) is 19.4 Å². The SMILES string of the molecule is CCN(CC)C(=O)C12C3C4C1C1C2C3C41OC. The standard InChI is InChI=1S/C14H19NO2/c1-4-15(5-2)12(16)13-6-9-7(13)11-8(13)10(6)14(9,11)17-3/h6-11H,4-5H2,1-3H3. The highest BCUT2D eigenvalue weighted by molar-refractivity contribution is 5.92. The van der Waals surface area contributed by atoms with Gasteiger partial charge in [0, 0.05) is 20.2 Å². The molecule has 0 saturated heterocycles. The number of hydrogen-bond acceptors (Lipinski definition) is 2. The lowest BCUT2D eigenvalue weighted by Gasteiger charge is -3.09. The Morgan fingerprint density at radius 1 is 1.06 bits per heavy atom. The fourth-order valence-corrected chi connectivity index (χ4v) is 7.05. The van der Waals surface area contributed by atoms with Crippen LogP contribution < -0.4 is 0 Å². The molecule has 3 heteroatoms. The minimum Gasteiger partial charge on any atom is -0.377 e. The van der Waals surface area contributed by atoms with Gasteiger partial charge in [-0.15, -0.1) is 0 Å². The molecule has 0 aromatic carbocycles. The van der Waals surface area contributed by atoms with Crippen molar-refractivity contribution >= 4 is 5.91 Å². The van der Waals surface area contributed by atoms with Crippen LogP contribution in [0.25, 0.3) is 0 Å². The molecule has 1 amide bonds. The lowest BCUT2D eigenvalue weighted by molar-refractivity contribution is -0.649. The Labute approximate surface area is 101 Å². The van der Waals surface area contributed by atoms with Crippen LogP contribution in [0, 0.1) is 40.9 Å². The number of carbonyl (C=O) groups is 1. The number of amides is 1. The molecule has 0 heterocycles. The zero-order valence-electron chi connectivity index (χ0n) is 10.6. The molecular formula is C14H19NO2. The minimum atomic E-state index is 0.131. The third-order valence-corrected chi connectivity index (χ3v) is 7.31. The van der Waals surface area contributed by atoms with E-state index in [-0.39, 0.29) is 11.0 Å². The van der Waals surface area contributed by atoms with E-state index < -0.39 is 0 Å². The molecule has 6 saturated carbocycles. The molecular weight excluding hydrogens is 214 g/mol. The second-order valence-electron chi connectivity index (χ2n) is 6.62. The minimum absolute atomic E-state index is 0.131. The summed E-state index contributed by atoms with van der Waals surface area (Å²) in [4.78, 5) is 14.7. The van der Waals surface area contributed by atoms with Crippen LogP contribution in [0.1, 0.15) is 13.8 Å². The predicted molar refractivity (Wildman–Crippen MR) is 61.0 cm³/mol. The first-order valence-corrected chi connectivity index (χ1v) is 7.07. The molecule has 17 heavy (non-hydrogen) atoms. The molecule has 0 aromatic heterocycles. The van der Waals surface area contributed by atoms with Gasteiger partial charge in [0.2, 0.25) is 5.91 Å². The smallest absolute Gasteiger partial charge is 0.229 e. The van der Waals surface area contributed by atoms with Crippen molar-refractivity contribution in [1.29, 1.82) is 0 Å². The maximum absolute atomic E-state index is 12.7. The number of methoxy groups -OCH3 is 1. The largest absolute Gasteiger partial charge is 0.377 e. The van der Waals surface area contributed by atoms with E-state index in [4.69, 9.17) is 4.74 Å². The number of carbonyl (C=O) groups excluding carboxylic acids is 1. The molecule has 0 aliphatic heterocycles. The third kappa shape index (κ3) is 0.476. The van der Waals surface area contributed by atoms with E-state index >= 15 is 0 Å². The van der Waals surface area contributed by atoms with E-state index in [1.54, 1.807) is 0 Å². The summed E-state index contributed by atoms with van der Waals surface area (Å²) in [5.41, 5.74) is 0.414. The second kappa shape index (κ2) is 2.18. The first-order chi connectivity index (χ1) is 8.22. The van der Waals surface area contributed by atoms with E-state index in [2.05, 4.69) is 18.7 Å². The van der Waals surface area contributed by atoms with E-state index in [0.29, 0.717) is 5.91 Å². The van der Waals surface area contributed by atoms with Gasteiger partial charge in [-0.1, -0.05) is 0 Å². The van der Waals surface area contributed by atoms with Crippen molar-refractivity contribution in [3.05, 3.63) is 0 Å². The molecule has 0 atom stereocenters. The first-order valence-electron chi connectivity index (χ1n) is 7.07. The van der Waals surface area contributed by atoms with Crippen molar-refractivity contribution in [3.63, 3.8) is 0 Å². The maximum Gasteiger partial charge on any atom is 0.229 e. The molecule has 6 aliphatic carbocycles. The zero-order chi connectivity index (χ0) is 11.7. The average molecular weight is 233 g/mol. The number of hydrogen-bond donors (Lipinski definition) is 0. The highest BCUT2D eigenvalue weighted by atomic mass is 16.5. The summed E-state index contributed by atoms with van der Waals surface area (Å²) in [7, 11) is 1.88. The first kappa shape index (κ1) is 9.37. The molecule has 0 bridgehead atoms. The van der Waals surface area contributed by atoms with Crippen molar-refractivity contribution in [2.75, 3.05) is 20.2 Å². The van der Waals surface area contributed by atoms with E-state index in [1.807, 2.05) is 7.11 Å². The summed E-state index contributed by atoms with van der Waals surface area (Å²) in [6.07, 6.45) is 0. The molecule has 92 valence electrons. The molecule has 3 nitrogen and oxygen atoms in total. The van der Waals surface area contributed by atoms with Gasteiger partial charge < -0.3 is 9.64 Å². The average Bonchev–Trinajstić information content (AvgIpc) is 2.39. The molecule has 0 spiro atoms. The fraction of sp³-hybridized carbons (Fsp3) is 0.929. The Balaban J connectivity index is 1.47. The summed E-state index contributed by atoms with van der Waals surface area (Å²) in [6.45, 7) is 5.94. The molecule has 6 rings (SSSR count). The monoisotopic (exact) mass is 233 g/mol. The second-order valence-corrected chi connectivity index (χ2v) is 6.62. The number of rotatable bonds is 4. The van der Waals surface area contributed by atoms with Crippen molar-refractivity contribution in [2.24, 2.45) is 40.9 Å². The normalized spacial score (nSPS) is 65.6. The summed E-state index contributed by atoms with van der Waals surface area (Å²) >= 11 is 0. The van der Waals surface area contributed by atoms with Crippen LogP contribution in [-0.4, -0.2) is 36.6 Å². The molecule has 6 fully saturated rings. The van der Waals surface area contributed by atoms with Gasteiger partial charge in [-0.05, 0) is 49.4 Å². The Morgan fingerprint density at radius 2 is 1.53 bits per heavy atom. The van der Waals surface area contributed by atoms with Crippen LogP contribution in [0.15, 0.2) is 0 Å². The lowest BCUT2D eigenvalue weighted by Crippen LogP contribution is -3.14. The van der Waals surface area contributed by atoms with Gasteiger partial charge in [-0.25, -0.2) is 0 Å². The van der Waals surface area contributed by atoms with Gasteiger partial charge in [-0.3, -0.25) is 4.79 Å². The Morgan fingerprint density at radius 3 is 1.88 bits per heavy atom. The highest BCUT2D eigenvalue weighted by Gasteiger charge is 3.12. The van der Waals surface area contributed by atoms with E-state index in [9.17, 15) is 4.79 Å². The number of nitrogens with zero attached hydrogens (tertiary/aromatic N) is 1. The van der Waals surface area contributed by atoms with Gasteiger partial charge in [0.15, 0.2) is 0 Å². The molecule has 0 unspecified atom stereocenters. The quantitative estimate of drug-likeness (QED) is 0.725. The van der Waals surface area contributed by atoms with Gasteiger partial charge in [0.1, 0.15) is 0 Å². The van der Waals surface area contributed by atoms with Crippen LogP contribution in [0.5, 0.6) is 0 Å². The summed E-state index contributed by atoms with van der Waals surface area (Å²) < 4.78 is 5.77. The van der Waals surface area contributed by atoms with Gasteiger partial charge in [0.05, 0.1) is 11.0 Å². The molecule has 0 aromatic rings. The number of ether oxygens (including phenoxy) is 1. The van der Waals surface area contributed by atoms with Crippen molar-refractivity contribution in [1.82, 2.24) is 4.90 Å². The fourth-order valence-electron chi connectivity index (χ4n) is 7.05. The molecule has 6 aliphatic rings. The Bertz CT molecular complexity index is 400. The summed E-state index contributed by atoms with van der Waals surface area (Å²) in [5, 5.41) is 0. The summed E-state index contributed by atoms with van der Waals surface area (Å²) in [5.74, 6) is 4.95. The predicted octanol–water partition coefficient (Wildman–Crippen LogP) is 0.992. The van der Waals surface area contributed by atoms with Crippen molar-refractivity contribution < 1.29 is 9.53 Å². The molecule has 0 radical (unpaired) electrons.